The van der Waals surface area contributed by atoms with Gasteiger partial charge in [0, 0.05) is 25.2 Å². The second-order valence-electron chi connectivity index (χ2n) is 7.48. The molecule has 5 nitrogen and oxygen atoms in total. The van der Waals surface area contributed by atoms with Crippen LogP contribution in [0.15, 0.2) is 0 Å². The van der Waals surface area contributed by atoms with Gasteiger partial charge in [0.15, 0.2) is 0 Å². The van der Waals surface area contributed by atoms with Gasteiger partial charge in [-0.2, -0.15) is 0 Å². The van der Waals surface area contributed by atoms with Crippen LogP contribution in [0.25, 0.3) is 0 Å². The van der Waals surface area contributed by atoms with E-state index in [9.17, 15) is 4.79 Å². The maximum absolute atomic E-state index is 12.1. The number of rotatable bonds is 3. The molecule has 1 aliphatic heterocycles. The standard InChI is InChI=1S/C15H30N2O3/c1-11(9-18)16-12-7-8-17(10-15(12,5)6)13(19)20-14(2,3)4/h11-12,16,18H,7-10H2,1-6H3/t11-,12?/m0/s1. The molecule has 0 saturated carbocycles. The second kappa shape index (κ2) is 6.31. The molecule has 0 aromatic carbocycles. The molecule has 1 aliphatic rings. The third-order valence-electron chi connectivity index (χ3n) is 3.64. The Morgan fingerprint density at radius 2 is 2.10 bits per heavy atom. The van der Waals surface area contributed by atoms with Crippen molar-refractivity contribution in [2.45, 2.75) is 65.6 Å². The van der Waals surface area contributed by atoms with Gasteiger partial charge in [0.2, 0.25) is 0 Å². The molecule has 1 unspecified atom stereocenters. The van der Waals surface area contributed by atoms with E-state index in [4.69, 9.17) is 9.84 Å². The molecule has 1 saturated heterocycles. The molecular weight excluding hydrogens is 256 g/mol. The Morgan fingerprint density at radius 3 is 2.55 bits per heavy atom. The van der Waals surface area contributed by atoms with Crippen LogP contribution >= 0.6 is 0 Å². The molecule has 1 heterocycles. The average molecular weight is 286 g/mol. The van der Waals surface area contributed by atoms with E-state index in [0.29, 0.717) is 19.1 Å². The van der Waals surface area contributed by atoms with Crippen molar-refractivity contribution in [1.82, 2.24) is 10.2 Å². The van der Waals surface area contributed by atoms with Gasteiger partial charge in [-0.05, 0) is 39.5 Å². The summed E-state index contributed by atoms with van der Waals surface area (Å²) in [4.78, 5) is 13.9. The number of hydrogen-bond acceptors (Lipinski definition) is 4. The van der Waals surface area contributed by atoms with E-state index in [-0.39, 0.29) is 24.2 Å². The first-order chi connectivity index (χ1) is 9.05. The first-order valence-corrected chi connectivity index (χ1v) is 7.40. The van der Waals surface area contributed by atoms with Crippen LogP contribution in [0.5, 0.6) is 0 Å². The largest absolute Gasteiger partial charge is 0.444 e. The number of carbonyl (C=O) groups is 1. The van der Waals surface area contributed by atoms with E-state index >= 15 is 0 Å². The molecule has 0 aromatic heterocycles. The zero-order chi connectivity index (χ0) is 15.6. The molecule has 0 radical (unpaired) electrons. The van der Waals surface area contributed by atoms with Crippen LogP contribution in [0.2, 0.25) is 0 Å². The van der Waals surface area contributed by atoms with Crippen LogP contribution in [0.4, 0.5) is 4.79 Å². The molecule has 0 bridgehead atoms. The summed E-state index contributed by atoms with van der Waals surface area (Å²) in [7, 11) is 0. The molecular formula is C15H30N2O3. The summed E-state index contributed by atoms with van der Waals surface area (Å²) in [6.07, 6.45) is 0.635. The summed E-state index contributed by atoms with van der Waals surface area (Å²) in [5.41, 5.74) is -0.500. The number of aliphatic hydroxyl groups excluding tert-OH is 1. The normalized spacial score (nSPS) is 24.4. The summed E-state index contributed by atoms with van der Waals surface area (Å²) in [5.74, 6) is 0. The number of likely N-dealkylation sites (tertiary alicyclic amines) is 1. The number of hydrogen-bond donors (Lipinski definition) is 2. The SMILES string of the molecule is C[C@@H](CO)NC1CCN(C(=O)OC(C)(C)C)CC1(C)C. The smallest absolute Gasteiger partial charge is 0.410 e. The molecule has 118 valence electrons. The molecule has 2 N–H and O–H groups in total. The van der Waals surface area contributed by atoms with Gasteiger partial charge in [0.25, 0.3) is 0 Å². The number of piperidine rings is 1. The van der Waals surface area contributed by atoms with Crippen molar-refractivity contribution in [2.75, 3.05) is 19.7 Å². The minimum atomic E-state index is -0.457. The van der Waals surface area contributed by atoms with Gasteiger partial charge in [-0.15, -0.1) is 0 Å². The fourth-order valence-corrected chi connectivity index (χ4v) is 2.54. The summed E-state index contributed by atoms with van der Waals surface area (Å²) in [5, 5.41) is 12.6. The van der Waals surface area contributed by atoms with Gasteiger partial charge < -0.3 is 20.1 Å². The van der Waals surface area contributed by atoms with Crippen molar-refractivity contribution in [3.8, 4) is 0 Å². The van der Waals surface area contributed by atoms with E-state index in [1.807, 2.05) is 27.7 Å². The van der Waals surface area contributed by atoms with Gasteiger partial charge in [-0.1, -0.05) is 13.8 Å². The van der Waals surface area contributed by atoms with E-state index < -0.39 is 5.60 Å². The Hall–Kier alpha value is -0.810. The quantitative estimate of drug-likeness (QED) is 0.833. The maximum Gasteiger partial charge on any atom is 0.410 e. The number of nitrogens with one attached hydrogen (secondary N) is 1. The Labute approximate surface area is 122 Å². The molecule has 1 amide bonds. The molecule has 5 heteroatoms. The van der Waals surface area contributed by atoms with Crippen LogP contribution in [-0.4, -0.2) is 53.5 Å². The van der Waals surface area contributed by atoms with E-state index in [1.165, 1.54) is 0 Å². The zero-order valence-corrected chi connectivity index (χ0v) is 13.7. The number of carbonyl (C=O) groups excluding carboxylic acids is 1. The fourth-order valence-electron chi connectivity index (χ4n) is 2.54. The lowest BCUT2D eigenvalue weighted by atomic mass is 9.79. The predicted octanol–water partition coefficient (Wildman–Crippen LogP) is 1.99. The average Bonchev–Trinajstić information content (AvgIpc) is 2.28. The van der Waals surface area contributed by atoms with E-state index in [1.54, 1.807) is 4.90 Å². The Morgan fingerprint density at radius 1 is 1.50 bits per heavy atom. The Balaban J connectivity index is 2.62. The highest BCUT2D eigenvalue weighted by molar-refractivity contribution is 5.68. The van der Waals surface area contributed by atoms with Gasteiger partial charge in [0.1, 0.15) is 5.60 Å². The molecule has 20 heavy (non-hydrogen) atoms. The van der Waals surface area contributed by atoms with E-state index in [0.717, 1.165) is 6.42 Å². The fraction of sp³-hybridized carbons (Fsp3) is 0.933. The third kappa shape index (κ3) is 4.94. The highest BCUT2D eigenvalue weighted by atomic mass is 16.6. The first-order valence-electron chi connectivity index (χ1n) is 7.40. The summed E-state index contributed by atoms with van der Waals surface area (Å²) in [6.45, 7) is 13.4. The van der Waals surface area contributed by atoms with E-state index in [2.05, 4.69) is 19.2 Å². The first kappa shape index (κ1) is 17.2. The molecule has 0 spiro atoms. The van der Waals surface area contributed by atoms with Crippen LogP contribution in [0.3, 0.4) is 0 Å². The Kier molecular flexibility index (Phi) is 5.44. The van der Waals surface area contributed by atoms with Crippen molar-refractivity contribution in [3.63, 3.8) is 0 Å². The number of nitrogens with zero attached hydrogens (tertiary/aromatic N) is 1. The minimum Gasteiger partial charge on any atom is -0.444 e. The van der Waals surface area contributed by atoms with Gasteiger partial charge in [-0.25, -0.2) is 4.79 Å². The highest BCUT2D eigenvalue weighted by Crippen LogP contribution is 2.30. The Bertz CT molecular complexity index is 337. The minimum absolute atomic E-state index is 0.0431. The van der Waals surface area contributed by atoms with Gasteiger partial charge in [0.05, 0.1) is 6.61 Å². The molecule has 0 aliphatic carbocycles. The van der Waals surface area contributed by atoms with Gasteiger partial charge in [-0.3, -0.25) is 0 Å². The van der Waals surface area contributed by atoms with Crippen molar-refractivity contribution in [3.05, 3.63) is 0 Å². The summed E-state index contributed by atoms with van der Waals surface area (Å²) < 4.78 is 5.43. The van der Waals surface area contributed by atoms with Crippen molar-refractivity contribution >= 4 is 6.09 Å². The van der Waals surface area contributed by atoms with Crippen molar-refractivity contribution < 1.29 is 14.6 Å². The van der Waals surface area contributed by atoms with Crippen LogP contribution in [-0.2, 0) is 4.74 Å². The summed E-state index contributed by atoms with van der Waals surface area (Å²) in [6, 6.07) is 0.371. The lowest BCUT2D eigenvalue weighted by molar-refractivity contribution is 0.000623. The topological polar surface area (TPSA) is 61.8 Å². The van der Waals surface area contributed by atoms with Crippen LogP contribution in [0.1, 0.15) is 48.0 Å². The number of aliphatic hydroxyl groups is 1. The van der Waals surface area contributed by atoms with Gasteiger partial charge >= 0.3 is 6.09 Å². The second-order valence-corrected chi connectivity index (χ2v) is 7.48. The summed E-state index contributed by atoms with van der Waals surface area (Å²) >= 11 is 0. The van der Waals surface area contributed by atoms with Crippen molar-refractivity contribution in [1.29, 1.82) is 0 Å². The third-order valence-corrected chi connectivity index (χ3v) is 3.64. The predicted molar refractivity (Wildman–Crippen MR) is 79.7 cm³/mol. The molecule has 2 atom stereocenters. The van der Waals surface area contributed by atoms with Crippen LogP contribution < -0.4 is 5.32 Å². The molecule has 1 fully saturated rings. The van der Waals surface area contributed by atoms with Crippen molar-refractivity contribution in [2.24, 2.45) is 5.41 Å². The zero-order valence-electron chi connectivity index (χ0n) is 13.7. The maximum atomic E-state index is 12.1. The van der Waals surface area contributed by atoms with Crippen LogP contribution in [0, 0.1) is 5.41 Å². The highest BCUT2D eigenvalue weighted by Gasteiger charge is 2.39. The number of amides is 1. The molecule has 0 aromatic rings. The number of ether oxygens (including phenoxy) is 1. The monoisotopic (exact) mass is 286 g/mol. The lowest BCUT2D eigenvalue weighted by Crippen LogP contribution is -2.58. The lowest BCUT2D eigenvalue weighted by Gasteiger charge is -2.45. The molecule has 1 rings (SSSR count).